The first-order chi connectivity index (χ1) is 13.9. The molecule has 3 fully saturated rings. The van der Waals surface area contributed by atoms with E-state index < -0.39 is 0 Å². The molecule has 0 bridgehead atoms. The molecule has 0 N–H and O–H groups in total. The molecule has 0 unspecified atom stereocenters. The Balaban J connectivity index is 1.56. The highest BCUT2D eigenvalue weighted by molar-refractivity contribution is 5.85. The summed E-state index contributed by atoms with van der Waals surface area (Å²) in [6.07, 6.45) is 1.83. The van der Waals surface area contributed by atoms with E-state index in [0.29, 0.717) is 51.2 Å². The van der Waals surface area contributed by atoms with E-state index in [-0.39, 0.29) is 0 Å². The first-order valence-corrected chi connectivity index (χ1v) is 9.91. The van der Waals surface area contributed by atoms with Crippen molar-refractivity contribution in [3.8, 4) is 0 Å². The van der Waals surface area contributed by atoms with E-state index >= 15 is 0 Å². The van der Waals surface area contributed by atoms with Gasteiger partial charge in [-0.3, -0.25) is 0 Å². The molecule has 10 nitrogen and oxygen atoms in total. The summed E-state index contributed by atoms with van der Waals surface area (Å²) in [4.78, 5) is 25.8. The van der Waals surface area contributed by atoms with Gasteiger partial charge in [0.05, 0.1) is 45.8 Å². The van der Waals surface area contributed by atoms with Gasteiger partial charge in [0.2, 0.25) is 5.95 Å². The smallest absolute Gasteiger partial charge is 0.229 e. The summed E-state index contributed by atoms with van der Waals surface area (Å²) in [5.74, 6) is 2.39. The number of aromatic nitrogens is 4. The van der Waals surface area contributed by atoms with Crippen molar-refractivity contribution in [3.63, 3.8) is 0 Å². The molecular formula is C18H25N7O3. The molecule has 150 valence electrons. The highest BCUT2D eigenvalue weighted by atomic mass is 16.5. The van der Waals surface area contributed by atoms with Gasteiger partial charge in [-0.2, -0.15) is 9.97 Å². The molecule has 0 radical (unpaired) electrons. The summed E-state index contributed by atoms with van der Waals surface area (Å²) in [7, 11) is 0. The summed E-state index contributed by atoms with van der Waals surface area (Å²) >= 11 is 0. The van der Waals surface area contributed by atoms with Crippen LogP contribution >= 0.6 is 0 Å². The maximum atomic E-state index is 5.51. The van der Waals surface area contributed by atoms with Crippen molar-refractivity contribution in [1.29, 1.82) is 0 Å². The molecule has 0 amide bonds. The van der Waals surface area contributed by atoms with Crippen LogP contribution in [0.2, 0.25) is 0 Å². The number of rotatable bonds is 3. The zero-order chi connectivity index (χ0) is 18.8. The van der Waals surface area contributed by atoms with Crippen LogP contribution in [0.1, 0.15) is 0 Å². The predicted molar refractivity (Wildman–Crippen MR) is 104 cm³/mol. The van der Waals surface area contributed by atoms with Crippen molar-refractivity contribution >= 4 is 28.7 Å². The lowest BCUT2D eigenvalue weighted by molar-refractivity contribution is 0.121. The third-order valence-electron chi connectivity index (χ3n) is 5.30. The SMILES string of the molecule is c1nc2c(N3CCOCC3)nc(N3CCOCC3)nc2nc1N1CCOCC1. The van der Waals surface area contributed by atoms with Gasteiger partial charge in [0.15, 0.2) is 17.0 Å². The number of hydrogen-bond acceptors (Lipinski definition) is 10. The maximum Gasteiger partial charge on any atom is 0.229 e. The van der Waals surface area contributed by atoms with Crippen LogP contribution in [0.4, 0.5) is 17.6 Å². The Hall–Kier alpha value is -2.30. The van der Waals surface area contributed by atoms with E-state index in [4.69, 9.17) is 34.1 Å². The van der Waals surface area contributed by atoms with Crippen molar-refractivity contribution in [1.82, 2.24) is 19.9 Å². The standard InChI is InChI=1S/C18H25N7O3/c1-7-26-8-2-23(1)14-13-19-15-16(20-14)21-18(25-5-11-28-12-6-25)22-17(15)24-3-9-27-10-4-24/h13H,1-12H2. The first-order valence-electron chi connectivity index (χ1n) is 9.91. The predicted octanol–water partition coefficient (Wildman–Crippen LogP) is -0.0704. The average molecular weight is 387 g/mol. The summed E-state index contributed by atoms with van der Waals surface area (Å²) in [6.45, 7) is 8.97. The number of nitrogens with zero attached hydrogens (tertiary/aromatic N) is 7. The summed E-state index contributed by atoms with van der Waals surface area (Å²) in [5.41, 5.74) is 1.39. The van der Waals surface area contributed by atoms with Crippen molar-refractivity contribution in [2.24, 2.45) is 0 Å². The summed E-state index contributed by atoms with van der Waals surface area (Å²) in [6, 6.07) is 0. The Labute approximate surface area is 163 Å². The third-order valence-corrected chi connectivity index (χ3v) is 5.30. The van der Waals surface area contributed by atoms with Gasteiger partial charge in [-0.15, -0.1) is 0 Å². The maximum absolute atomic E-state index is 5.51. The number of hydrogen-bond donors (Lipinski definition) is 0. The van der Waals surface area contributed by atoms with Gasteiger partial charge in [0.25, 0.3) is 0 Å². The highest BCUT2D eigenvalue weighted by Gasteiger charge is 2.23. The second-order valence-electron chi connectivity index (χ2n) is 7.05. The zero-order valence-corrected chi connectivity index (χ0v) is 15.9. The Morgan fingerprint density at radius 2 is 1.21 bits per heavy atom. The molecule has 5 heterocycles. The Morgan fingerprint density at radius 1 is 0.643 bits per heavy atom. The summed E-state index contributed by atoms with van der Waals surface area (Å²) < 4.78 is 16.4. The Kier molecular flexibility index (Phi) is 5.06. The normalized spacial score (nSPS) is 21.4. The lowest BCUT2D eigenvalue weighted by Gasteiger charge is -2.31. The minimum absolute atomic E-state index is 0.641. The van der Waals surface area contributed by atoms with Gasteiger partial charge in [-0.25, -0.2) is 9.97 Å². The van der Waals surface area contributed by atoms with Crippen LogP contribution in [0.3, 0.4) is 0 Å². The van der Waals surface area contributed by atoms with Crippen LogP contribution in [0.5, 0.6) is 0 Å². The van der Waals surface area contributed by atoms with Crippen LogP contribution in [-0.2, 0) is 14.2 Å². The van der Waals surface area contributed by atoms with Gasteiger partial charge < -0.3 is 28.9 Å². The fourth-order valence-corrected chi connectivity index (χ4v) is 3.72. The third kappa shape index (κ3) is 3.54. The largest absolute Gasteiger partial charge is 0.378 e. The highest BCUT2D eigenvalue weighted by Crippen LogP contribution is 2.27. The molecule has 2 aromatic rings. The molecule has 5 rings (SSSR count). The van der Waals surface area contributed by atoms with Gasteiger partial charge in [0, 0.05) is 39.3 Å². The van der Waals surface area contributed by atoms with Gasteiger partial charge in [-0.05, 0) is 0 Å². The van der Waals surface area contributed by atoms with Gasteiger partial charge in [0.1, 0.15) is 5.82 Å². The van der Waals surface area contributed by atoms with Crippen molar-refractivity contribution in [2.75, 3.05) is 93.6 Å². The molecule has 0 aromatic carbocycles. The molecule has 3 aliphatic rings. The van der Waals surface area contributed by atoms with E-state index in [2.05, 4.69) is 14.7 Å². The van der Waals surface area contributed by atoms with Crippen LogP contribution in [0.25, 0.3) is 11.2 Å². The van der Waals surface area contributed by atoms with E-state index in [0.717, 1.165) is 56.4 Å². The number of morpholine rings is 3. The Morgan fingerprint density at radius 3 is 1.86 bits per heavy atom. The monoisotopic (exact) mass is 387 g/mol. The molecular weight excluding hydrogens is 362 g/mol. The van der Waals surface area contributed by atoms with E-state index in [1.165, 1.54) is 0 Å². The second-order valence-corrected chi connectivity index (χ2v) is 7.05. The molecule has 3 saturated heterocycles. The fraction of sp³-hybridized carbons (Fsp3) is 0.667. The lowest BCUT2D eigenvalue weighted by atomic mass is 10.3. The number of ether oxygens (including phenoxy) is 3. The molecule has 0 saturated carbocycles. The van der Waals surface area contributed by atoms with Crippen LogP contribution in [0.15, 0.2) is 6.20 Å². The van der Waals surface area contributed by atoms with E-state index in [9.17, 15) is 0 Å². The second kappa shape index (κ2) is 7.98. The zero-order valence-electron chi connectivity index (χ0n) is 15.9. The van der Waals surface area contributed by atoms with Crippen LogP contribution in [-0.4, -0.2) is 98.8 Å². The fourth-order valence-electron chi connectivity index (χ4n) is 3.72. The van der Waals surface area contributed by atoms with E-state index in [1.807, 2.05) is 6.20 Å². The topological polar surface area (TPSA) is 89.0 Å². The number of anilines is 3. The van der Waals surface area contributed by atoms with Gasteiger partial charge >= 0.3 is 0 Å². The molecule has 0 atom stereocenters. The lowest BCUT2D eigenvalue weighted by Crippen LogP contribution is -2.40. The molecule has 0 aliphatic carbocycles. The minimum atomic E-state index is 0.641. The van der Waals surface area contributed by atoms with Crippen molar-refractivity contribution in [3.05, 3.63) is 6.20 Å². The molecule has 2 aromatic heterocycles. The minimum Gasteiger partial charge on any atom is -0.378 e. The van der Waals surface area contributed by atoms with Crippen molar-refractivity contribution in [2.45, 2.75) is 0 Å². The van der Waals surface area contributed by atoms with Crippen molar-refractivity contribution < 1.29 is 14.2 Å². The summed E-state index contributed by atoms with van der Waals surface area (Å²) in [5, 5.41) is 0. The molecule has 28 heavy (non-hydrogen) atoms. The van der Waals surface area contributed by atoms with Gasteiger partial charge in [-0.1, -0.05) is 0 Å². The number of fused-ring (bicyclic) bond motifs is 1. The van der Waals surface area contributed by atoms with Crippen LogP contribution in [0, 0.1) is 0 Å². The first kappa shape index (κ1) is 17.8. The molecule has 10 heteroatoms. The quantitative estimate of drug-likeness (QED) is 0.713. The van der Waals surface area contributed by atoms with Crippen LogP contribution < -0.4 is 14.7 Å². The molecule has 3 aliphatic heterocycles. The Bertz CT molecular complexity index is 813. The van der Waals surface area contributed by atoms with E-state index in [1.54, 1.807) is 0 Å². The molecule has 0 spiro atoms. The average Bonchev–Trinajstić information content (AvgIpc) is 2.79.